The molecule has 2 nitrogen and oxygen atoms in total. The zero-order chi connectivity index (χ0) is 10.8. The monoisotopic (exact) mass is 203 g/mol. The molecule has 0 spiro atoms. The number of rotatable bonds is 1. The standard InChI is InChI=1S/C13H17NO/c1-10-6-3-4-7-12(10)13-8-5-9-14(13)11(2)15/h3-4,6-7,13H,5,8-9H2,1-2H3. The summed E-state index contributed by atoms with van der Waals surface area (Å²) in [5, 5.41) is 0. The average Bonchev–Trinajstić information content (AvgIpc) is 2.67. The molecule has 1 unspecified atom stereocenters. The fourth-order valence-electron chi connectivity index (χ4n) is 2.43. The quantitative estimate of drug-likeness (QED) is 0.687. The molecule has 1 aliphatic heterocycles. The molecule has 2 rings (SSSR count). The summed E-state index contributed by atoms with van der Waals surface area (Å²) in [5.74, 6) is 0.195. The Hall–Kier alpha value is -1.31. The summed E-state index contributed by atoms with van der Waals surface area (Å²) in [4.78, 5) is 13.5. The van der Waals surface area contributed by atoms with E-state index in [9.17, 15) is 4.79 Å². The summed E-state index contributed by atoms with van der Waals surface area (Å²) in [7, 11) is 0. The van der Waals surface area contributed by atoms with Gasteiger partial charge in [-0.2, -0.15) is 0 Å². The average molecular weight is 203 g/mol. The van der Waals surface area contributed by atoms with E-state index in [1.807, 2.05) is 11.0 Å². The second-order valence-electron chi connectivity index (χ2n) is 4.23. The van der Waals surface area contributed by atoms with Gasteiger partial charge in [-0.3, -0.25) is 4.79 Å². The lowest BCUT2D eigenvalue weighted by molar-refractivity contribution is -0.129. The van der Waals surface area contributed by atoms with Crippen LogP contribution in [0.25, 0.3) is 0 Å². The molecule has 80 valence electrons. The van der Waals surface area contributed by atoms with Gasteiger partial charge in [-0.15, -0.1) is 0 Å². The van der Waals surface area contributed by atoms with Crippen LogP contribution in [0, 0.1) is 6.92 Å². The third-order valence-corrected chi connectivity index (χ3v) is 3.20. The SMILES string of the molecule is CC(=O)N1CCCC1c1ccccc1C. The maximum atomic E-state index is 11.5. The first kappa shape index (κ1) is 10.2. The highest BCUT2D eigenvalue weighted by molar-refractivity contribution is 5.74. The van der Waals surface area contributed by atoms with E-state index in [0.717, 1.165) is 19.4 Å². The summed E-state index contributed by atoms with van der Waals surface area (Å²) >= 11 is 0. The third-order valence-electron chi connectivity index (χ3n) is 3.20. The number of hydrogen-bond donors (Lipinski definition) is 0. The van der Waals surface area contributed by atoms with Gasteiger partial charge in [0.25, 0.3) is 0 Å². The van der Waals surface area contributed by atoms with Gasteiger partial charge in [0.05, 0.1) is 6.04 Å². The number of carbonyl (C=O) groups is 1. The number of nitrogens with zero attached hydrogens (tertiary/aromatic N) is 1. The Morgan fingerprint density at radius 3 is 2.80 bits per heavy atom. The van der Waals surface area contributed by atoms with Gasteiger partial charge in [0.15, 0.2) is 0 Å². The van der Waals surface area contributed by atoms with Crippen LogP contribution in [0.2, 0.25) is 0 Å². The van der Waals surface area contributed by atoms with Crippen LogP contribution in [0.4, 0.5) is 0 Å². The topological polar surface area (TPSA) is 20.3 Å². The maximum absolute atomic E-state index is 11.5. The Kier molecular flexibility index (Phi) is 2.76. The van der Waals surface area contributed by atoms with Crippen molar-refractivity contribution < 1.29 is 4.79 Å². The zero-order valence-corrected chi connectivity index (χ0v) is 9.36. The maximum Gasteiger partial charge on any atom is 0.219 e. The van der Waals surface area contributed by atoms with Gasteiger partial charge in [0, 0.05) is 13.5 Å². The summed E-state index contributed by atoms with van der Waals surface area (Å²) < 4.78 is 0. The van der Waals surface area contributed by atoms with Gasteiger partial charge in [-0.25, -0.2) is 0 Å². The van der Waals surface area contributed by atoms with Crippen molar-refractivity contribution in [3.05, 3.63) is 35.4 Å². The Morgan fingerprint density at radius 2 is 2.13 bits per heavy atom. The molecule has 1 amide bonds. The second-order valence-corrected chi connectivity index (χ2v) is 4.23. The van der Waals surface area contributed by atoms with Crippen LogP contribution in [-0.4, -0.2) is 17.4 Å². The highest BCUT2D eigenvalue weighted by atomic mass is 16.2. The Labute approximate surface area is 90.9 Å². The molecule has 1 aliphatic rings. The van der Waals surface area contributed by atoms with Gasteiger partial charge >= 0.3 is 0 Å². The van der Waals surface area contributed by atoms with E-state index in [0.29, 0.717) is 6.04 Å². The first-order chi connectivity index (χ1) is 7.20. The van der Waals surface area contributed by atoms with Crippen LogP contribution in [0.1, 0.15) is 36.9 Å². The fraction of sp³-hybridized carbons (Fsp3) is 0.462. The molecule has 1 heterocycles. The second kappa shape index (κ2) is 4.05. The number of likely N-dealkylation sites (tertiary alicyclic amines) is 1. The normalized spacial score (nSPS) is 20.7. The van der Waals surface area contributed by atoms with Crippen molar-refractivity contribution >= 4 is 5.91 Å². The molecule has 0 aromatic heterocycles. The summed E-state index contributed by atoms with van der Waals surface area (Å²) in [6.45, 7) is 4.69. The van der Waals surface area contributed by atoms with Crippen molar-refractivity contribution in [2.75, 3.05) is 6.54 Å². The van der Waals surface area contributed by atoms with Crippen LogP contribution in [-0.2, 0) is 4.79 Å². The molecule has 1 fully saturated rings. The molecule has 1 aromatic rings. The van der Waals surface area contributed by atoms with Crippen LogP contribution >= 0.6 is 0 Å². The molecule has 15 heavy (non-hydrogen) atoms. The van der Waals surface area contributed by atoms with Crippen molar-refractivity contribution in [2.45, 2.75) is 32.7 Å². The number of benzene rings is 1. The molecular formula is C13H17NO. The number of carbonyl (C=O) groups excluding carboxylic acids is 1. The van der Waals surface area contributed by atoms with E-state index in [-0.39, 0.29) is 5.91 Å². The van der Waals surface area contributed by atoms with E-state index < -0.39 is 0 Å². The summed E-state index contributed by atoms with van der Waals surface area (Å²) in [5.41, 5.74) is 2.60. The molecule has 1 saturated heterocycles. The van der Waals surface area contributed by atoms with Crippen molar-refractivity contribution in [1.29, 1.82) is 0 Å². The van der Waals surface area contributed by atoms with Gasteiger partial charge in [-0.05, 0) is 30.9 Å². The Balaban J connectivity index is 2.30. The van der Waals surface area contributed by atoms with Gasteiger partial charge in [-0.1, -0.05) is 24.3 Å². The van der Waals surface area contributed by atoms with Crippen LogP contribution in [0.3, 0.4) is 0 Å². The minimum absolute atomic E-state index is 0.195. The molecule has 0 saturated carbocycles. The lowest BCUT2D eigenvalue weighted by Crippen LogP contribution is -2.28. The predicted octanol–water partition coefficient (Wildman–Crippen LogP) is 2.68. The number of amides is 1. The van der Waals surface area contributed by atoms with Crippen LogP contribution in [0.5, 0.6) is 0 Å². The number of aryl methyl sites for hydroxylation is 1. The number of hydrogen-bond acceptors (Lipinski definition) is 1. The molecule has 1 aromatic carbocycles. The minimum atomic E-state index is 0.195. The molecular weight excluding hydrogens is 186 g/mol. The van der Waals surface area contributed by atoms with Crippen molar-refractivity contribution in [3.63, 3.8) is 0 Å². The summed E-state index contributed by atoms with van der Waals surface area (Å²) in [6, 6.07) is 8.67. The Morgan fingerprint density at radius 1 is 1.40 bits per heavy atom. The minimum Gasteiger partial charge on any atom is -0.336 e. The zero-order valence-electron chi connectivity index (χ0n) is 9.36. The molecule has 1 atom stereocenters. The van der Waals surface area contributed by atoms with Crippen molar-refractivity contribution in [1.82, 2.24) is 4.90 Å². The smallest absolute Gasteiger partial charge is 0.219 e. The van der Waals surface area contributed by atoms with Crippen molar-refractivity contribution in [2.24, 2.45) is 0 Å². The van der Waals surface area contributed by atoms with E-state index in [1.165, 1.54) is 11.1 Å². The fourth-order valence-corrected chi connectivity index (χ4v) is 2.43. The summed E-state index contributed by atoms with van der Waals surface area (Å²) in [6.07, 6.45) is 2.23. The molecule has 0 N–H and O–H groups in total. The van der Waals surface area contributed by atoms with E-state index in [1.54, 1.807) is 6.92 Å². The molecule has 0 bridgehead atoms. The lowest BCUT2D eigenvalue weighted by atomic mass is 9.99. The van der Waals surface area contributed by atoms with Crippen LogP contribution in [0.15, 0.2) is 24.3 Å². The largest absolute Gasteiger partial charge is 0.336 e. The first-order valence-corrected chi connectivity index (χ1v) is 5.53. The van der Waals surface area contributed by atoms with Gasteiger partial charge in [0.1, 0.15) is 0 Å². The van der Waals surface area contributed by atoms with Crippen molar-refractivity contribution in [3.8, 4) is 0 Å². The van der Waals surface area contributed by atoms with Gasteiger partial charge in [0.2, 0.25) is 5.91 Å². The molecule has 0 radical (unpaired) electrons. The van der Waals surface area contributed by atoms with Gasteiger partial charge < -0.3 is 4.90 Å². The first-order valence-electron chi connectivity index (χ1n) is 5.53. The Bertz CT molecular complexity index is 373. The lowest BCUT2D eigenvalue weighted by Gasteiger charge is -2.24. The molecule has 2 heteroatoms. The van der Waals surface area contributed by atoms with E-state index in [4.69, 9.17) is 0 Å². The molecule has 0 aliphatic carbocycles. The highest BCUT2D eigenvalue weighted by Gasteiger charge is 2.28. The van der Waals surface area contributed by atoms with E-state index in [2.05, 4.69) is 25.1 Å². The predicted molar refractivity (Wildman–Crippen MR) is 60.5 cm³/mol. The highest BCUT2D eigenvalue weighted by Crippen LogP contribution is 2.33. The van der Waals surface area contributed by atoms with Crippen LogP contribution < -0.4 is 0 Å². The third kappa shape index (κ3) is 1.89. The van der Waals surface area contributed by atoms with E-state index >= 15 is 0 Å².